The van der Waals surface area contributed by atoms with Crippen LogP contribution in [-0.4, -0.2) is 46.3 Å². The summed E-state index contributed by atoms with van der Waals surface area (Å²) in [4.78, 5) is 0. The van der Waals surface area contributed by atoms with E-state index in [0.717, 1.165) is 19.3 Å². The van der Waals surface area contributed by atoms with Crippen molar-refractivity contribution in [2.45, 2.75) is 38.3 Å². The molecule has 6 nitrogen and oxygen atoms in total. The molecular weight excluding hydrogens is 373 g/mol. The summed E-state index contributed by atoms with van der Waals surface area (Å²) >= 11 is 0. The van der Waals surface area contributed by atoms with Gasteiger partial charge in [0.05, 0.1) is 11.9 Å². The van der Waals surface area contributed by atoms with E-state index in [-0.39, 0.29) is 37.2 Å². The monoisotopic (exact) mass is 396 g/mol. The Labute approximate surface area is 151 Å². The molecule has 0 radical (unpaired) electrons. The second-order valence-electron chi connectivity index (χ2n) is 6.03. The second-order valence-corrected chi connectivity index (χ2v) is 7.95. The molecule has 0 bridgehead atoms. The summed E-state index contributed by atoms with van der Waals surface area (Å²) in [6.45, 7) is 1.33. The van der Waals surface area contributed by atoms with Gasteiger partial charge in [-0.05, 0) is 37.0 Å². The molecule has 1 aromatic rings. The van der Waals surface area contributed by atoms with Gasteiger partial charge in [-0.25, -0.2) is 13.1 Å². The number of hydrogen-bond acceptors (Lipinski definition) is 5. The molecule has 1 aliphatic heterocycles. The quantitative estimate of drug-likeness (QED) is 0.626. The van der Waals surface area contributed by atoms with Crippen molar-refractivity contribution in [2.24, 2.45) is 0 Å². The Balaban J connectivity index is 1.69. The number of nitrogens with one attached hydrogen (secondary N) is 2. The molecule has 10 heteroatoms. The topological polar surface area (TPSA) is 76.7 Å². The standard InChI is InChI=1S/C16H23F3N2O4S/c17-16(18,19)25-14-6-3-4-13(10-14)11-20-7-9-26(22,23)21-12-15-5-1-2-8-24-15/h3-4,6,10,15,20-21H,1-2,5,7-9,11-12H2. The molecule has 1 atom stereocenters. The molecule has 2 rings (SSSR count). The minimum atomic E-state index is -4.74. The fourth-order valence-electron chi connectivity index (χ4n) is 2.55. The molecule has 1 saturated heterocycles. The highest BCUT2D eigenvalue weighted by Gasteiger charge is 2.31. The van der Waals surface area contributed by atoms with Crippen molar-refractivity contribution in [1.29, 1.82) is 0 Å². The lowest BCUT2D eigenvalue weighted by molar-refractivity contribution is -0.274. The van der Waals surface area contributed by atoms with E-state index >= 15 is 0 Å². The summed E-state index contributed by atoms with van der Waals surface area (Å²) in [5.74, 6) is -0.433. The third-order valence-electron chi connectivity index (χ3n) is 3.81. The highest BCUT2D eigenvalue weighted by Crippen LogP contribution is 2.23. The van der Waals surface area contributed by atoms with Gasteiger partial charge in [-0.15, -0.1) is 13.2 Å². The highest BCUT2D eigenvalue weighted by molar-refractivity contribution is 7.89. The van der Waals surface area contributed by atoms with Gasteiger partial charge in [0, 0.05) is 26.2 Å². The van der Waals surface area contributed by atoms with Crippen LogP contribution in [-0.2, 0) is 21.3 Å². The number of alkyl halides is 3. The Morgan fingerprint density at radius 2 is 2.08 bits per heavy atom. The number of benzene rings is 1. The van der Waals surface area contributed by atoms with Gasteiger partial charge in [0.15, 0.2) is 0 Å². The van der Waals surface area contributed by atoms with Crippen LogP contribution >= 0.6 is 0 Å². The van der Waals surface area contributed by atoms with E-state index in [1.165, 1.54) is 18.2 Å². The Kier molecular flexibility index (Phi) is 7.69. The van der Waals surface area contributed by atoms with Gasteiger partial charge in [-0.3, -0.25) is 0 Å². The Hall–Kier alpha value is -1.36. The molecule has 1 aromatic carbocycles. The van der Waals surface area contributed by atoms with Crippen LogP contribution in [0.4, 0.5) is 13.2 Å². The first kappa shape index (κ1) is 20.9. The third kappa shape index (κ3) is 8.35. The molecule has 148 valence electrons. The first-order chi connectivity index (χ1) is 12.2. The molecule has 1 fully saturated rings. The maximum absolute atomic E-state index is 12.2. The molecule has 1 unspecified atom stereocenters. The predicted octanol–water partition coefficient (Wildman–Crippen LogP) is 2.16. The van der Waals surface area contributed by atoms with E-state index in [1.54, 1.807) is 6.07 Å². The minimum absolute atomic E-state index is 0.0807. The van der Waals surface area contributed by atoms with Gasteiger partial charge in [0.25, 0.3) is 0 Å². The van der Waals surface area contributed by atoms with Crippen molar-refractivity contribution in [3.05, 3.63) is 29.8 Å². The van der Waals surface area contributed by atoms with Gasteiger partial charge < -0.3 is 14.8 Å². The van der Waals surface area contributed by atoms with E-state index in [4.69, 9.17) is 4.74 Å². The number of halogens is 3. The van der Waals surface area contributed by atoms with Crippen LogP contribution in [0.5, 0.6) is 5.75 Å². The fourth-order valence-corrected chi connectivity index (χ4v) is 3.55. The Bertz CT molecular complexity index is 662. The molecule has 2 N–H and O–H groups in total. The van der Waals surface area contributed by atoms with Crippen molar-refractivity contribution in [2.75, 3.05) is 25.4 Å². The zero-order chi connectivity index (χ0) is 19.0. The van der Waals surface area contributed by atoms with E-state index in [0.29, 0.717) is 12.2 Å². The van der Waals surface area contributed by atoms with Gasteiger partial charge in [0.2, 0.25) is 10.0 Å². The molecule has 0 aromatic heterocycles. The molecule has 0 aliphatic carbocycles. The molecule has 0 spiro atoms. The fraction of sp³-hybridized carbons (Fsp3) is 0.625. The maximum atomic E-state index is 12.2. The summed E-state index contributed by atoms with van der Waals surface area (Å²) in [5.41, 5.74) is 0.563. The average Bonchev–Trinajstić information content (AvgIpc) is 2.57. The van der Waals surface area contributed by atoms with Crippen molar-refractivity contribution >= 4 is 10.0 Å². The number of rotatable bonds is 9. The van der Waals surface area contributed by atoms with Crippen LogP contribution in [0.1, 0.15) is 24.8 Å². The van der Waals surface area contributed by atoms with Crippen LogP contribution in [0, 0.1) is 0 Å². The zero-order valence-electron chi connectivity index (χ0n) is 14.2. The Morgan fingerprint density at radius 1 is 1.27 bits per heavy atom. The second kappa shape index (κ2) is 9.54. The Morgan fingerprint density at radius 3 is 2.77 bits per heavy atom. The van der Waals surface area contributed by atoms with Gasteiger partial charge >= 0.3 is 6.36 Å². The molecule has 26 heavy (non-hydrogen) atoms. The molecule has 0 saturated carbocycles. The molecule has 0 amide bonds. The normalized spacial score (nSPS) is 18.7. The van der Waals surface area contributed by atoms with E-state index in [2.05, 4.69) is 14.8 Å². The van der Waals surface area contributed by atoms with Crippen LogP contribution in [0.2, 0.25) is 0 Å². The minimum Gasteiger partial charge on any atom is -0.406 e. The van der Waals surface area contributed by atoms with Crippen molar-refractivity contribution in [3.8, 4) is 5.75 Å². The first-order valence-electron chi connectivity index (χ1n) is 8.38. The lowest BCUT2D eigenvalue weighted by atomic mass is 10.1. The van der Waals surface area contributed by atoms with Gasteiger partial charge in [-0.2, -0.15) is 0 Å². The highest BCUT2D eigenvalue weighted by atomic mass is 32.2. The van der Waals surface area contributed by atoms with E-state index in [9.17, 15) is 21.6 Å². The van der Waals surface area contributed by atoms with Crippen molar-refractivity contribution in [3.63, 3.8) is 0 Å². The van der Waals surface area contributed by atoms with Crippen LogP contribution in [0.25, 0.3) is 0 Å². The van der Waals surface area contributed by atoms with Crippen molar-refractivity contribution < 1.29 is 31.1 Å². The molecule has 1 heterocycles. The van der Waals surface area contributed by atoms with Gasteiger partial charge in [0.1, 0.15) is 5.75 Å². The predicted molar refractivity (Wildman–Crippen MR) is 90.2 cm³/mol. The van der Waals surface area contributed by atoms with E-state index in [1.807, 2.05) is 0 Å². The van der Waals surface area contributed by atoms with E-state index < -0.39 is 16.4 Å². The number of hydrogen-bond donors (Lipinski definition) is 2. The van der Waals surface area contributed by atoms with Gasteiger partial charge in [-0.1, -0.05) is 12.1 Å². The third-order valence-corrected chi connectivity index (χ3v) is 5.16. The van der Waals surface area contributed by atoms with Crippen LogP contribution in [0.3, 0.4) is 0 Å². The first-order valence-corrected chi connectivity index (χ1v) is 10.0. The average molecular weight is 396 g/mol. The molecular formula is C16H23F3N2O4S. The number of ether oxygens (including phenoxy) is 2. The summed E-state index contributed by atoms with van der Waals surface area (Å²) in [6, 6.07) is 5.54. The summed E-state index contributed by atoms with van der Waals surface area (Å²) in [5, 5.41) is 2.90. The summed E-state index contributed by atoms with van der Waals surface area (Å²) in [7, 11) is -3.43. The largest absolute Gasteiger partial charge is 0.573 e. The number of sulfonamides is 1. The zero-order valence-corrected chi connectivity index (χ0v) is 15.0. The lowest BCUT2D eigenvalue weighted by Gasteiger charge is -2.22. The van der Waals surface area contributed by atoms with Crippen LogP contribution < -0.4 is 14.8 Å². The lowest BCUT2D eigenvalue weighted by Crippen LogP contribution is -2.38. The summed E-state index contributed by atoms with van der Waals surface area (Å²) in [6.07, 6.45) is -1.94. The molecule has 1 aliphatic rings. The van der Waals surface area contributed by atoms with Crippen molar-refractivity contribution in [1.82, 2.24) is 10.0 Å². The van der Waals surface area contributed by atoms with Crippen LogP contribution in [0.15, 0.2) is 24.3 Å². The summed E-state index contributed by atoms with van der Waals surface area (Å²) < 4.78 is 72.3. The maximum Gasteiger partial charge on any atom is 0.573 e. The SMILES string of the molecule is O=S(=O)(CCNCc1cccc(OC(F)(F)F)c1)NCC1CCCCO1. The smallest absolute Gasteiger partial charge is 0.406 e.